The number of carboxylic acids is 1. The van der Waals surface area contributed by atoms with Crippen molar-refractivity contribution in [2.24, 2.45) is 0 Å². The van der Waals surface area contributed by atoms with Gasteiger partial charge in [-0.3, -0.25) is 4.79 Å². The minimum Gasteiger partial charge on any atom is -0.478 e. The first kappa shape index (κ1) is 23.3. The summed E-state index contributed by atoms with van der Waals surface area (Å²) in [5.74, 6) is -0.170. The van der Waals surface area contributed by atoms with Gasteiger partial charge < -0.3 is 15.2 Å². The predicted molar refractivity (Wildman–Crippen MR) is 137 cm³/mol. The molecule has 0 radical (unpaired) electrons. The number of nitrogens with one attached hydrogen (secondary N) is 1. The van der Waals surface area contributed by atoms with E-state index >= 15 is 0 Å². The van der Waals surface area contributed by atoms with Crippen molar-refractivity contribution in [3.63, 3.8) is 0 Å². The van der Waals surface area contributed by atoms with Crippen LogP contribution in [0.1, 0.15) is 42.9 Å². The second kappa shape index (κ2) is 9.53. The molecule has 5 nitrogen and oxygen atoms in total. The highest BCUT2D eigenvalue weighted by Crippen LogP contribution is 2.42. The Labute approximate surface area is 208 Å². The Balaban J connectivity index is 1.74. The molecule has 3 aromatic carbocycles. The van der Waals surface area contributed by atoms with Gasteiger partial charge >= 0.3 is 5.97 Å². The fourth-order valence-corrected chi connectivity index (χ4v) is 5.32. The van der Waals surface area contributed by atoms with Crippen molar-refractivity contribution < 1.29 is 19.4 Å². The third-order valence-corrected chi connectivity index (χ3v) is 6.82. The third kappa shape index (κ3) is 4.61. The van der Waals surface area contributed by atoms with E-state index in [-0.39, 0.29) is 17.4 Å². The number of carbonyl (C=O) groups excluding carboxylic acids is 1. The van der Waals surface area contributed by atoms with E-state index in [9.17, 15) is 14.7 Å². The van der Waals surface area contributed by atoms with Crippen LogP contribution in [0.3, 0.4) is 0 Å². The molecule has 1 aliphatic heterocycles. The largest absolute Gasteiger partial charge is 0.478 e. The lowest BCUT2D eigenvalue weighted by Gasteiger charge is -2.16. The van der Waals surface area contributed by atoms with Crippen molar-refractivity contribution in [3.8, 4) is 11.5 Å². The lowest BCUT2D eigenvalue weighted by atomic mass is 9.93. The van der Waals surface area contributed by atoms with Gasteiger partial charge in [-0.25, -0.2) is 4.79 Å². The van der Waals surface area contributed by atoms with Gasteiger partial charge in [-0.15, -0.1) is 0 Å². The Bertz CT molecular complexity index is 1260. The van der Waals surface area contributed by atoms with E-state index in [1.165, 1.54) is 0 Å². The van der Waals surface area contributed by atoms with E-state index < -0.39 is 5.97 Å². The second-order valence-electron chi connectivity index (χ2n) is 7.71. The van der Waals surface area contributed by atoms with Gasteiger partial charge in [-0.2, -0.15) is 0 Å². The quantitative estimate of drug-likeness (QED) is 0.238. The van der Waals surface area contributed by atoms with Crippen molar-refractivity contribution in [1.82, 2.24) is 0 Å². The number of fused-ring (bicyclic) bond motifs is 1. The Hall–Kier alpha value is -2.90. The van der Waals surface area contributed by atoms with Crippen LogP contribution in [0.4, 0.5) is 5.69 Å². The van der Waals surface area contributed by atoms with Crippen LogP contribution in [0.2, 0.25) is 0 Å². The molecule has 33 heavy (non-hydrogen) atoms. The van der Waals surface area contributed by atoms with Crippen LogP contribution in [-0.4, -0.2) is 17.0 Å². The summed E-state index contributed by atoms with van der Waals surface area (Å²) in [6.07, 6.45) is 0.569. The van der Waals surface area contributed by atoms with Gasteiger partial charge in [0.1, 0.15) is 5.75 Å². The molecule has 0 fully saturated rings. The molecular weight excluding hydrogens is 550 g/mol. The number of anilines is 1. The van der Waals surface area contributed by atoms with Crippen LogP contribution in [-0.2, 0) is 9.59 Å². The van der Waals surface area contributed by atoms with Crippen LogP contribution in [0.25, 0.3) is 11.1 Å². The first-order valence-electron chi connectivity index (χ1n) is 10.4. The van der Waals surface area contributed by atoms with Crippen molar-refractivity contribution >= 4 is 60.6 Å². The number of carboxylic acid groups (broad SMARTS) is 1. The molecule has 1 heterocycles. The van der Waals surface area contributed by atoms with Gasteiger partial charge in [0.05, 0.1) is 20.4 Å². The molecule has 0 aliphatic carbocycles. The van der Waals surface area contributed by atoms with E-state index in [0.29, 0.717) is 32.4 Å². The summed E-state index contributed by atoms with van der Waals surface area (Å²) in [7, 11) is 0. The lowest BCUT2D eigenvalue weighted by Crippen LogP contribution is -2.08. The van der Waals surface area contributed by atoms with Crippen LogP contribution in [0.5, 0.6) is 11.5 Å². The minimum atomic E-state index is -0.993. The standard InChI is InChI=1S/C26H21Br2NO4/c1-3-18(15-7-5-4-6-8-15)23(26(31)32)16-11-20(27)24(21(28)12-16)33-17-9-10-22-19(13-17)14(2)25(30)29-22/h4-14H,3H2,1-2H3,(H,29,30)(H,31,32). The van der Waals surface area contributed by atoms with E-state index in [4.69, 9.17) is 4.74 Å². The Morgan fingerprint density at radius 1 is 1.03 bits per heavy atom. The molecule has 0 spiro atoms. The SMILES string of the molecule is CCC(=C(C(=O)O)c1cc(Br)c(Oc2ccc3c(c2)C(C)C(=O)N3)c(Br)c1)c1ccccc1. The highest BCUT2D eigenvalue weighted by atomic mass is 79.9. The van der Waals surface area contributed by atoms with Crippen LogP contribution in [0, 0.1) is 0 Å². The van der Waals surface area contributed by atoms with E-state index in [0.717, 1.165) is 22.4 Å². The first-order chi connectivity index (χ1) is 15.8. The number of carbonyl (C=O) groups is 2. The van der Waals surface area contributed by atoms with Gasteiger partial charge in [0.2, 0.25) is 5.91 Å². The summed E-state index contributed by atoms with van der Waals surface area (Å²) in [5.41, 5.74) is 4.10. The number of rotatable bonds is 6. The number of ether oxygens (including phenoxy) is 1. The van der Waals surface area contributed by atoms with Crippen molar-refractivity contribution in [2.75, 3.05) is 5.32 Å². The van der Waals surface area contributed by atoms with Crippen molar-refractivity contribution in [3.05, 3.63) is 86.3 Å². The second-order valence-corrected chi connectivity index (χ2v) is 9.42. The average Bonchev–Trinajstić information content (AvgIpc) is 3.07. The summed E-state index contributed by atoms with van der Waals surface area (Å²) in [6, 6.07) is 18.5. The molecule has 0 bridgehead atoms. The molecule has 1 atom stereocenters. The summed E-state index contributed by atoms with van der Waals surface area (Å²) >= 11 is 7.09. The molecule has 7 heteroatoms. The molecule has 1 unspecified atom stereocenters. The Morgan fingerprint density at radius 2 is 1.70 bits per heavy atom. The van der Waals surface area contributed by atoms with Gasteiger partial charge in [0.15, 0.2) is 5.75 Å². The smallest absolute Gasteiger partial charge is 0.336 e. The van der Waals surface area contributed by atoms with Gasteiger partial charge in [0, 0.05) is 5.69 Å². The molecule has 1 amide bonds. The molecule has 0 saturated heterocycles. The molecule has 1 aliphatic rings. The summed E-state index contributed by atoms with van der Waals surface area (Å²) < 4.78 is 7.34. The maximum absolute atomic E-state index is 12.3. The molecular formula is C26H21Br2NO4. The Kier molecular flexibility index (Phi) is 6.72. The topological polar surface area (TPSA) is 75.6 Å². The highest BCUT2D eigenvalue weighted by Gasteiger charge is 2.27. The van der Waals surface area contributed by atoms with E-state index in [1.807, 2.05) is 56.3 Å². The number of aliphatic carboxylic acids is 1. The zero-order valence-electron chi connectivity index (χ0n) is 18.0. The molecule has 0 saturated carbocycles. The number of hydrogen-bond donors (Lipinski definition) is 2. The van der Waals surface area contributed by atoms with E-state index in [1.54, 1.807) is 18.2 Å². The zero-order chi connectivity index (χ0) is 23.7. The monoisotopic (exact) mass is 569 g/mol. The summed E-state index contributed by atoms with van der Waals surface area (Å²) in [6.45, 7) is 3.80. The maximum Gasteiger partial charge on any atom is 0.336 e. The molecule has 2 N–H and O–H groups in total. The fourth-order valence-electron chi connectivity index (χ4n) is 3.97. The summed E-state index contributed by atoms with van der Waals surface area (Å²) in [4.78, 5) is 24.2. The normalized spacial score (nSPS) is 15.5. The third-order valence-electron chi connectivity index (χ3n) is 5.64. The zero-order valence-corrected chi connectivity index (χ0v) is 21.2. The van der Waals surface area contributed by atoms with Gasteiger partial charge in [0.25, 0.3) is 0 Å². The lowest BCUT2D eigenvalue weighted by molar-refractivity contribution is -0.130. The van der Waals surface area contributed by atoms with Crippen LogP contribution < -0.4 is 10.1 Å². The molecule has 4 rings (SSSR count). The molecule has 168 valence electrons. The highest BCUT2D eigenvalue weighted by molar-refractivity contribution is 9.11. The Morgan fingerprint density at radius 3 is 2.30 bits per heavy atom. The molecule has 0 aromatic heterocycles. The number of hydrogen-bond acceptors (Lipinski definition) is 3. The average molecular weight is 571 g/mol. The minimum absolute atomic E-state index is 0.0352. The number of amides is 1. The van der Waals surface area contributed by atoms with Gasteiger partial charge in [-0.05, 0) is 97.8 Å². The number of halogens is 2. The first-order valence-corrected chi connectivity index (χ1v) is 12.0. The fraction of sp³-hybridized carbons (Fsp3) is 0.154. The predicted octanol–water partition coefficient (Wildman–Crippen LogP) is 7.46. The van der Waals surface area contributed by atoms with E-state index in [2.05, 4.69) is 37.2 Å². The number of allylic oxidation sites excluding steroid dienone is 1. The van der Waals surface area contributed by atoms with Gasteiger partial charge in [-0.1, -0.05) is 37.3 Å². The van der Waals surface area contributed by atoms with Crippen LogP contribution >= 0.6 is 31.9 Å². The van der Waals surface area contributed by atoms with Crippen LogP contribution in [0.15, 0.2) is 69.6 Å². The molecule has 3 aromatic rings. The van der Waals surface area contributed by atoms with Crippen molar-refractivity contribution in [1.29, 1.82) is 0 Å². The summed E-state index contributed by atoms with van der Waals surface area (Å²) in [5, 5.41) is 12.9. The number of benzene rings is 3. The van der Waals surface area contributed by atoms with Crippen molar-refractivity contribution in [2.45, 2.75) is 26.2 Å². The maximum atomic E-state index is 12.3.